The number of aromatic nitrogens is 5. The summed E-state index contributed by atoms with van der Waals surface area (Å²) in [6, 6.07) is 65.5. The monoisotopic (exact) mass is 729 g/mol. The van der Waals surface area contributed by atoms with Crippen LogP contribution in [-0.4, -0.2) is 24.1 Å². The van der Waals surface area contributed by atoms with Gasteiger partial charge in [-0.25, -0.2) is 4.98 Å². The van der Waals surface area contributed by atoms with E-state index in [0.29, 0.717) is 17.6 Å². The first-order chi connectivity index (χ1) is 28.3. The third-order valence-corrected chi connectivity index (χ3v) is 11.2. The fourth-order valence-electron chi connectivity index (χ4n) is 8.57. The van der Waals surface area contributed by atoms with Crippen LogP contribution in [0.1, 0.15) is 0 Å². The van der Waals surface area contributed by atoms with Crippen molar-refractivity contribution in [3.63, 3.8) is 0 Å². The molecule has 0 aliphatic carbocycles. The van der Waals surface area contributed by atoms with Gasteiger partial charge in [0.1, 0.15) is 5.58 Å². The summed E-state index contributed by atoms with van der Waals surface area (Å²) < 4.78 is 11.4. The Balaban J connectivity index is 1.08. The maximum atomic E-state index is 6.91. The predicted molar refractivity (Wildman–Crippen MR) is 232 cm³/mol. The fraction of sp³-hybridized carbons (Fsp3) is 0. The molecule has 4 aromatic heterocycles. The quantitative estimate of drug-likeness (QED) is 0.177. The van der Waals surface area contributed by atoms with Crippen LogP contribution in [0.25, 0.3) is 111 Å². The van der Waals surface area contributed by atoms with Gasteiger partial charge in [0.2, 0.25) is 5.95 Å². The molecule has 12 rings (SSSR count). The fourth-order valence-corrected chi connectivity index (χ4v) is 8.57. The lowest BCUT2D eigenvalue weighted by molar-refractivity contribution is 0.671. The van der Waals surface area contributed by atoms with E-state index >= 15 is 0 Å². The molecule has 0 bridgehead atoms. The highest BCUT2D eigenvalue weighted by atomic mass is 16.3. The number of furan rings is 1. The Morgan fingerprint density at radius 1 is 0.351 bits per heavy atom. The molecule has 0 aliphatic heterocycles. The van der Waals surface area contributed by atoms with Crippen LogP contribution in [0.3, 0.4) is 0 Å². The van der Waals surface area contributed by atoms with Crippen LogP contribution in [0.5, 0.6) is 0 Å². The molecule has 0 amide bonds. The summed E-state index contributed by atoms with van der Waals surface area (Å²) in [7, 11) is 0. The van der Waals surface area contributed by atoms with Gasteiger partial charge in [-0.3, -0.25) is 4.57 Å². The second-order valence-corrected chi connectivity index (χ2v) is 14.4. The van der Waals surface area contributed by atoms with E-state index in [2.05, 4.69) is 191 Å². The molecule has 0 spiro atoms. The van der Waals surface area contributed by atoms with Crippen molar-refractivity contribution >= 4 is 65.6 Å². The topological polar surface area (TPSA) is 61.7 Å². The van der Waals surface area contributed by atoms with Gasteiger partial charge in [0, 0.05) is 49.1 Å². The Morgan fingerprint density at radius 3 is 1.53 bits per heavy atom. The zero-order chi connectivity index (χ0) is 37.5. The van der Waals surface area contributed by atoms with Crippen molar-refractivity contribution in [1.29, 1.82) is 0 Å². The first kappa shape index (κ1) is 31.5. The number of rotatable bonds is 5. The molecule has 266 valence electrons. The first-order valence-corrected chi connectivity index (χ1v) is 19.1. The van der Waals surface area contributed by atoms with Crippen LogP contribution in [0.2, 0.25) is 0 Å². The van der Waals surface area contributed by atoms with Gasteiger partial charge >= 0.3 is 0 Å². The van der Waals surface area contributed by atoms with Crippen LogP contribution >= 0.6 is 0 Å². The summed E-state index contributed by atoms with van der Waals surface area (Å²) in [6.07, 6.45) is 0. The predicted octanol–water partition coefficient (Wildman–Crippen LogP) is 13.0. The van der Waals surface area contributed by atoms with Gasteiger partial charge in [0.25, 0.3) is 0 Å². The molecule has 4 heterocycles. The zero-order valence-corrected chi connectivity index (χ0v) is 30.5. The Hall–Kier alpha value is -7.83. The third-order valence-electron chi connectivity index (χ3n) is 11.2. The zero-order valence-electron chi connectivity index (χ0n) is 30.5. The molecular weight excluding hydrogens is 699 g/mol. The molecule has 0 fully saturated rings. The second-order valence-electron chi connectivity index (χ2n) is 14.4. The maximum absolute atomic E-state index is 6.91. The summed E-state index contributed by atoms with van der Waals surface area (Å²) >= 11 is 0. The van der Waals surface area contributed by atoms with E-state index in [1.54, 1.807) is 0 Å². The van der Waals surface area contributed by atoms with Gasteiger partial charge in [0.05, 0.1) is 22.1 Å². The largest absolute Gasteiger partial charge is 0.454 e. The van der Waals surface area contributed by atoms with Crippen LogP contribution in [0.4, 0.5) is 0 Å². The number of fused-ring (bicyclic) bond motifs is 10. The minimum absolute atomic E-state index is 0.554. The molecule has 8 aromatic carbocycles. The third kappa shape index (κ3) is 4.87. The highest BCUT2D eigenvalue weighted by molar-refractivity contribution is 6.21. The van der Waals surface area contributed by atoms with E-state index in [-0.39, 0.29) is 0 Å². The highest BCUT2D eigenvalue weighted by Crippen LogP contribution is 2.41. The van der Waals surface area contributed by atoms with Crippen molar-refractivity contribution in [3.8, 4) is 45.5 Å². The van der Waals surface area contributed by atoms with Crippen LogP contribution in [-0.2, 0) is 0 Å². The van der Waals surface area contributed by atoms with Crippen molar-refractivity contribution < 1.29 is 4.42 Å². The van der Waals surface area contributed by atoms with Crippen molar-refractivity contribution in [2.45, 2.75) is 0 Å². The maximum Gasteiger partial charge on any atom is 0.238 e. The summed E-state index contributed by atoms with van der Waals surface area (Å²) in [6.45, 7) is 0. The molecule has 0 unspecified atom stereocenters. The summed E-state index contributed by atoms with van der Waals surface area (Å²) in [5, 5.41) is 6.72. The van der Waals surface area contributed by atoms with Crippen LogP contribution in [0, 0.1) is 0 Å². The molecule has 0 aliphatic rings. The molecule has 0 saturated heterocycles. The lowest BCUT2D eigenvalue weighted by Crippen LogP contribution is -2.06. The van der Waals surface area contributed by atoms with Crippen LogP contribution in [0.15, 0.2) is 192 Å². The molecule has 57 heavy (non-hydrogen) atoms. The number of para-hydroxylation sites is 4. The van der Waals surface area contributed by atoms with Gasteiger partial charge in [-0.05, 0) is 59.7 Å². The van der Waals surface area contributed by atoms with Crippen molar-refractivity contribution in [1.82, 2.24) is 24.1 Å². The minimum Gasteiger partial charge on any atom is -0.454 e. The molecular formula is C51H31N5O. The smallest absolute Gasteiger partial charge is 0.238 e. The normalized spacial score (nSPS) is 11.9. The van der Waals surface area contributed by atoms with Crippen molar-refractivity contribution in [2.75, 3.05) is 0 Å². The summed E-state index contributed by atoms with van der Waals surface area (Å²) in [4.78, 5) is 15.6. The minimum atomic E-state index is 0.554. The van der Waals surface area contributed by atoms with Gasteiger partial charge in [0.15, 0.2) is 17.2 Å². The van der Waals surface area contributed by atoms with E-state index in [0.717, 1.165) is 88.1 Å². The Bertz CT molecular complexity index is 3450. The summed E-state index contributed by atoms with van der Waals surface area (Å²) in [5.41, 5.74) is 11.0. The molecule has 0 radical (unpaired) electrons. The number of benzene rings is 8. The Kier molecular flexibility index (Phi) is 6.83. The van der Waals surface area contributed by atoms with Gasteiger partial charge < -0.3 is 8.98 Å². The molecule has 6 nitrogen and oxygen atoms in total. The number of hydrogen-bond donors (Lipinski definition) is 0. The van der Waals surface area contributed by atoms with Crippen LogP contribution < -0.4 is 0 Å². The average Bonchev–Trinajstić information content (AvgIpc) is 3.94. The highest BCUT2D eigenvalue weighted by Gasteiger charge is 2.21. The molecule has 6 heteroatoms. The molecule has 0 N–H and O–H groups in total. The van der Waals surface area contributed by atoms with Gasteiger partial charge in [-0.15, -0.1) is 0 Å². The number of hydrogen-bond acceptors (Lipinski definition) is 4. The lowest BCUT2D eigenvalue weighted by atomic mass is 10.0. The molecule has 12 aromatic rings. The Labute approximate surface area is 326 Å². The van der Waals surface area contributed by atoms with E-state index in [1.165, 1.54) is 5.39 Å². The first-order valence-electron chi connectivity index (χ1n) is 19.1. The number of nitrogens with zero attached hydrogens (tertiary/aromatic N) is 5. The SMILES string of the molecule is c1ccc(-c2ccc(-c3nc(-c4ccc5c(c4)oc4c5ccc5c6ccccc6n(-c6ccccc6)c54)nc(-n4c5ccccc5c5ccccc54)n3)cc2)cc1. The van der Waals surface area contributed by atoms with Crippen molar-refractivity contribution in [3.05, 3.63) is 188 Å². The summed E-state index contributed by atoms with van der Waals surface area (Å²) in [5.74, 6) is 1.71. The molecule has 0 atom stereocenters. The van der Waals surface area contributed by atoms with E-state index in [4.69, 9.17) is 19.4 Å². The lowest BCUT2D eigenvalue weighted by Gasteiger charge is -2.11. The van der Waals surface area contributed by atoms with E-state index in [9.17, 15) is 0 Å². The van der Waals surface area contributed by atoms with Crippen molar-refractivity contribution in [2.24, 2.45) is 0 Å². The second kappa shape index (κ2) is 12.3. The van der Waals surface area contributed by atoms with Gasteiger partial charge in [-0.1, -0.05) is 140 Å². The average molecular weight is 730 g/mol. The van der Waals surface area contributed by atoms with E-state index in [1.807, 2.05) is 6.07 Å². The Morgan fingerprint density at radius 2 is 0.842 bits per heavy atom. The standard InChI is InChI=1S/C51H31N5O/c1-3-13-32(14-4-1)33-23-25-34(26-24-33)49-52-50(54-51(53-49)56-44-21-11-7-17-37(44)38-18-8-12-22-45(38)56)35-27-28-40-42-30-29-41-39-19-9-10-20-43(39)55(36-15-5-2-6-16-36)47(41)48(42)57-46(40)31-35/h1-31H. The van der Waals surface area contributed by atoms with Gasteiger partial charge in [-0.2, -0.15) is 9.97 Å². The molecule has 0 saturated carbocycles. The van der Waals surface area contributed by atoms with E-state index < -0.39 is 0 Å².